The van der Waals surface area contributed by atoms with E-state index in [1.807, 2.05) is 42.5 Å². The van der Waals surface area contributed by atoms with Crippen molar-refractivity contribution in [3.63, 3.8) is 0 Å². The molecule has 4 nitrogen and oxygen atoms in total. The number of methoxy groups -OCH3 is 2. The molecule has 0 aliphatic carbocycles. The van der Waals surface area contributed by atoms with Crippen molar-refractivity contribution in [3.8, 4) is 5.75 Å². The summed E-state index contributed by atoms with van der Waals surface area (Å²) in [6.07, 6.45) is 0. The van der Waals surface area contributed by atoms with Gasteiger partial charge in [-0.2, -0.15) is 0 Å². The third-order valence-corrected chi connectivity index (χ3v) is 4.88. The first-order valence-electron chi connectivity index (χ1n) is 8.50. The van der Waals surface area contributed by atoms with E-state index in [0.29, 0.717) is 0 Å². The van der Waals surface area contributed by atoms with Gasteiger partial charge in [-0.25, -0.2) is 4.79 Å². The van der Waals surface area contributed by atoms with Gasteiger partial charge in [-0.3, -0.25) is 4.99 Å². The quantitative estimate of drug-likeness (QED) is 0.672. The minimum absolute atomic E-state index is 0.123. The third-order valence-electron chi connectivity index (χ3n) is 4.88. The van der Waals surface area contributed by atoms with Gasteiger partial charge in [0.15, 0.2) is 6.04 Å². The van der Waals surface area contributed by atoms with E-state index in [-0.39, 0.29) is 11.9 Å². The standard InChI is InChI=1S/C22H19NO3/c1-25-16-12-10-15(11-13-16)20-19(21(23-20)22(24)26-2)18-9-5-7-14-6-3-4-8-17(14)18/h3-13,19,21H,1-2H3/t19-,21+/m1/s1. The molecule has 0 unspecified atom stereocenters. The highest BCUT2D eigenvalue weighted by atomic mass is 16.5. The normalized spacial score (nSPS) is 18.8. The summed E-state index contributed by atoms with van der Waals surface area (Å²) in [5.41, 5.74) is 2.99. The zero-order valence-electron chi connectivity index (χ0n) is 14.7. The first-order valence-corrected chi connectivity index (χ1v) is 8.50. The number of fused-ring (bicyclic) bond motifs is 1. The number of hydrogen-bond acceptors (Lipinski definition) is 4. The fraction of sp³-hybridized carbons (Fsp3) is 0.182. The van der Waals surface area contributed by atoms with E-state index >= 15 is 0 Å². The highest BCUT2D eigenvalue weighted by molar-refractivity contribution is 6.14. The summed E-state index contributed by atoms with van der Waals surface area (Å²) in [6, 6.07) is 21.6. The molecule has 0 fully saturated rings. The molecule has 1 aliphatic rings. The Balaban J connectivity index is 1.82. The molecule has 0 radical (unpaired) electrons. The first-order chi connectivity index (χ1) is 12.7. The number of carbonyl (C=O) groups excluding carboxylic acids is 1. The number of nitrogens with zero attached hydrogens (tertiary/aromatic N) is 1. The summed E-state index contributed by atoms with van der Waals surface area (Å²) in [5, 5.41) is 2.28. The number of ether oxygens (including phenoxy) is 2. The highest BCUT2D eigenvalue weighted by Gasteiger charge is 2.42. The predicted octanol–water partition coefficient (Wildman–Crippen LogP) is 3.98. The van der Waals surface area contributed by atoms with Crippen molar-refractivity contribution < 1.29 is 14.3 Å². The summed E-state index contributed by atoms with van der Waals surface area (Å²) < 4.78 is 10.2. The molecule has 1 aliphatic heterocycles. The maximum absolute atomic E-state index is 12.2. The monoisotopic (exact) mass is 345 g/mol. The molecule has 0 bridgehead atoms. The van der Waals surface area contributed by atoms with Gasteiger partial charge in [0.1, 0.15) is 5.75 Å². The number of hydrogen-bond donors (Lipinski definition) is 0. The maximum Gasteiger partial charge on any atom is 0.331 e. The Morgan fingerprint density at radius 2 is 1.65 bits per heavy atom. The molecule has 0 amide bonds. The maximum atomic E-state index is 12.2. The van der Waals surface area contributed by atoms with Crippen LogP contribution in [0.4, 0.5) is 0 Å². The van der Waals surface area contributed by atoms with Crippen LogP contribution >= 0.6 is 0 Å². The topological polar surface area (TPSA) is 47.9 Å². The summed E-state index contributed by atoms with van der Waals surface area (Å²) in [5.74, 6) is 0.363. The Morgan fingerprint density at radius 1 is 0.923 bits per heavy atom. The zero-order chi connectivity index (χ0) is 18.1. The van der Waals surface area contributed by atoms with E-state index < -0.39 is 6.04 Å². The molecule has 0 aromatic heterocycles. The van der Waals surface area contributed by atoms with Gasteiger partial charge in [0, 0.05) is 0 Å². The van der Waals surface area contributed by atoms with Crippen molar-refractivity contribution in [2.75, 3.05) is 14.2 Å². The van der Waals surface area contributed by atoms with E-state index in [9.17, 15) is 4.79 Å². The van der Waals surface area contributed by atoms with Crippen LogP contribution in [0.3, 0.4) is 0 Å². The summed E-state index contributed by atoms with van der Waals surface area (Å²) in [4.78, 5) is 16.8. The minimum Gasteiger partial charge on any atom is -0.497 e. The second-order valence-corrected chi connectivity index (χ2v) is 6.26. The lowest BCUT2D eigenvalue weighted by molar-refractivity contribution is -0.142. The number of rotatable bonds is 4. The van der Waals surface area contributed by atoms with Gasteiger partial charge in [-0.1, -0.05) is 42.5 Å². The number of benzene rings is 3. The van der Waals surface area contributed by atoms with Crippen LogP contribution in [-0.2, 0) is 9.53 Å². The van der Waals surface area contributed by atoms with Crippen molar-refractivity contribution in [3.05, 3.63) is 77.9 Å². The zero-order valence-corrected chi connectivity index (χ0v) is 14.7. The van der Waals surface area contributed by atoms with E-state index in [1.165, 1.54) is 7.11 Å². The number of esters is 1. The fourth-order valence-corrected chi connectivity index (χ4v) is 3.54. The first kappa shape index (κ1) is 16.3. The highest BCUT2D eigenvalue weighted by Crippen LogP contribution is 2.39. The molecule has 130 valence electrons. The SMILES string of the molecule is COC(=O)[C@H]1N=C(c2ccc(OC)cc2)[C@H]1c1cccc2ccccc12. The van der Waals surface area contributed by atoms with Crippen LogP contribution in [0.25, 0.3) is 10.8 Å². The second-order valence-electron chi connectivity index (χ2n) is 6.26. The Hall–Kier alpha value is -3.14. The van der Waals surface area contributed by atoms with Crippen LogP contribution in [0.15, 0.2) is 71.7 Å². The molecule has 3 aromatic carbocycles. The lowest BCUT2D eigenvalue weighted by atomic mass is 9.77. The lowest BCUT2D eigenvalue weighted by Crippen LogP contribution is -2.42. The average molecular weight is 345 g/mol. The average Bonchev–Trinajstić information content (AvgIpc) is 2.68. The van der Waals surface area contributed by atoms with Crippen LogP contribution in [0.2, 0.25) is 0 Å². The van der Waals surface area contributed by atoms with Crippen LogP contribution in [0, 0.1) is 0 Å². The fourth-order valence-electron chi connectivity index (χ4n) is 3.54. The van der Waals surface area contributed by atoms with Crippen molar-refractivity contribution in [1.29, 1.82) is 0 Å². The predicted molar refractivity (Wildman–Crippen MR) is 102 cm³/mol. The molecule has 4 rings (SSSR count). The molecule has 0 spiro atoms. The molecule has 3 aromatic rings. The van der Waals surface area contributed by atoms with Crippen molar-refractivity contribution >= 4 is 22.5 Å². The van der Waals surface area contributed by atoms with Gasteiger partial charge in [-0.05, 0) is 46.2 Å². The van der Waals surface area contributed by atoms with Crippen LogP contribution in [-0.4, -0.2) is 31.9 Å². The Bertz CT molecular complexity index is 986. The second kappa shape index (κ2) is 6.64. The molecule has 1 heterocycles. The van der Waals surface area contributed by atoms with E-state index in [4.69, 9.17) is 9.47 Å². The van der Waals surface area contributed by atoms with Gasteiger partial charge in [0.2, 0.25) is 0 Å². The van der Waals surface area contributed by atoms with Gasteiger partial charge < -0.3 is 9.47 Å². The largest absolute Gasteiger partial charge is 0.497 e. The van der Waals surface area contributed by atoms with E-state index in [0.717, 1.165) is 33.4 Å². The van der Waals surface area contributed by atoms with Crippen molar-refractivity contribution in [2.24, 2.45) is 4.99 Å². The van der Waals surface area contributed by atoms with Gasteiger partial charge in [0.05, 0.1) is 25.8 Å². The molecule has 26 heavy (non-hydrogen) atoms. The van der Waals surface area contributed by atoms with Gasteiger partial charge in [-0.15, -0.1) is 0 Å². The molecule has 0 saturated heterocycles. The smallest absolute Gasteiger partial charge is 0.331 e. The van der Waals surface area contributed by atoms with Gasteiger partial charge in [0.25, 0.3) is 0 Å². The van der Waals surface area contributed by atoms with Crippen LogP contribution in [0.5, 0.6) is 5.75 Å². The molecular weight excluding hydrogens is 326 g/mol. The molecular formula is C22H19NO3. The summed E-state index contributed by atoms with van der Waals surface area (Å²) in [7, 11) is 3.05. The summed E-state index contributed by atoms with van der Waals surface area (Å²) >= 11 is 0. The van der Waals surface area contributed by atoms with Gasteiger partial charge >= 0.3 is 5.97 Å². The Morgan fingerprint density at radius 3 is 2.38 bits per heavy atom. The molecule has 0 N–H and O–H groups in total. The minimum atomic E-state index is -0.511. The molecule has 4 heteroatoms. The number of carbonyl (C=O) groups is 1. The Kier molecular flexibility index (Phi) is 4.17. The van der Waals surface area contributed by atoms with Crippen LogP contribution < -0.4 is 4.74 Å². The van der Waals surface area contributed by atoms with Crippen molar-refractivity contribution in [1.82, 2.24) is 0 Å². The van der Waals surface area contributed by atoms with Crippen LogP contribution in [0.1, 0.15) is 17.0 Å². The summed E-state index contributed by atoms with van der Waals surface area (Å²) in [6.45, 7) is 0. The van der Waals surface area contributed by atoms with Crippen molar-refractivity contribution in [2.45, 2.75) is 12.0 Å². The van der Waals surface area contributed by atoms with E-state index in [1.54, 1.807) is 7.11 Å². The lowest BCUT2D eigenvalue weighted by Gasteiger charge is -2.34. The third kappa shape index (κ3) is 2.64. The molecule has 0 saturated carbocycles. The number of aliphatic imine (C=N–C) groups is 1. The molecule has 2 atom stereocenters. The van der Waals surface area contributed by atoms with E-state index in [2.05, 4.69) is 29.3 Å². The Labute approximate surface area is 152 Å².